The van der Waals surface area contributed by atoms with Gasteiger partial charge in [0.05, 0.1) is 5.75 Å². The third-order valence-corrected chi connectivity index (χ3v) is 4.53. The van der Waals surface area contributed by atoms with Crippen LogP contribution in [0.25, 0.3) is 0 Å². The lowest BCUT2D eigenvalue weighted by atomic mass is 10.2. The van der Waals surface area contributed by atoms with Crippen LogP contribution in [-0.2, 0) is 4.79 Å². The second kappa shape index (κ2) is 6.58. The lowest BCUT2D eigenvalue weighted by Crippen LogP contribution is -2.13. The van der Waals surface area contributed by atoms with Gasteiger partial charge in [0.15, 0.2) is 0 Å². The Balaban J connectivity index is 1.85. The van der Waals surface area contributed by atoms with Crippen molar-refractivity contribution >= 4 is 40.7 Å². The van der Waals surface area contributed by atoms with E-state index < -0.39 is 5.97 Å². The minimum absolute atomic E-state index is 0.109. The molecule has 104 valence electrons. The number of aryl methyl sites for hydroxylation is 1. The molecule has 0 atom stereocenters. The van der Waals surface area contributed by atoms with Crippen molar-refractivity contribution in [3.05, 3.63) is 46.2 Å². The van der Waals surface area contributed by atoms with E-state index in [1.54, 1.807) is 11.4 Å². The molecule has 2 aromatic rings. The summed E-state index contributed by atoms with van der Waals surface area (Å²) in [5.41, 5.74) is 1.90. The van der Waals surface area contributed by atoms with Crippen LogP contribution >= 0.6 is 23.1 Å². The second-order valence-electron chi connectivity index (χ2n) is 4.15. The van der Waals surface area contributed by atoms with E-state index in [4.69, 9.17) is 5.11 Å². The number of hydrogen-bond donors (Lipinski definition) is 2. The van der Waals surface area contributed by atoms with Crippen LogP contribution in [0.15, 0.2) is 40.6 Å². The maximum absolute atomic E-state index is 11.8. The van der Waals surface area contributed by atoms with Crippen molar-refractivity contribution in [1.29, 1.82) is 0 Å². The van der Waals surface area contributed by atoms with E-state index in [0.717, 1.165) is 27.5 Å². The highest BCUT2D eigenvalue weighted by Crippen LogP contribution is 2.25. The van der Waals surface area contributed by atoms with Crippen molar-refractivity contribution in [2.45, 2.75) is 11.8 Å². The number of carbonyl (C=O) groups is 2. The van der Waals surface area contributed by atoms with Gasteiger partial charge in [0.2, 0.25) is 5.91 Å². The zero-order valence-corrected chi connectivity index (χ0v) is 12.4. The summed E-state index contributed by atoms with van der Waals surface area (Å²) in [5.74, 6) is -0.795. The fraction of sp³-hybridized carbons (Fsp3) is 0.143. The minimum Gasteiger partial charge on any atom is -0.477 e. The number of carbonyl (C=O) groups excluding carboxylic acids is 1. The van der Waals surface area contributed by atoms with Crippen molar-refractivity contribution in [3.63, 3.8) is 0 Å². The number of amides is 1. The van der Waals surface area contributed by atoms with Gasteiger partial charge >= 0.3 is 5.97 Å². The van der Waals surface area contributed by atoms with Crippen molar-refractivity contribution < 1.29 is 14.7 Å². The lowest BCUT2D eigenvalue weighted by molar-refractivity contribution is -0.113. The van der Waals surface area contributed by atoms with Gasteiger partial charge in [0.25, 0.3) is 0 Å². The fourth-order valence-corrected chi connectivity index (χ4v) is 3.16. The molecule has 4 nitrogen and oxygen atoms in total. The van der Waals surface area contributed by atoms with Crippen molar-refractivity contribution in [3.8, 4) is 0 Å². The van der Waals surface area contributed by atoms with Gasteiger partial charge in [-0.15, -0.1) is 23.1 Å². The van der Waals surface area contributed by atoms with Crippen LogP contribution in [0.5, 0.6) is 0 Å². The highest BCUT2D eigenvalue weighted by molar-refractivity contribution is 8.00. The van der Waals surface area contributed by atoms with Crippen LogP contribution in [0.3, 0.4) is 0 Å². The summed E-state index contributed by atoms with van der Waals surface area (Å²) in [6.45, 7) is 1.98. The Morgan fingerprint density at radius 2 is 2.00 bits per heavy atom. The summed E-state index contributed by atoms with van der Waals surface area (Å²) in [6.07, 6.45) is 0. The second-order valence-corrected chi connectivity index (χ2v) is 6.11. The molecular weight excluding hydrogens is 294 g/mol. The molecule has 0 spiro atoms. The zero-order valence-electron chi connectivity index (χ0n) is 10.8. The Kier molecular flexibility index (Phi) is 4.81. The SMILES string of the molecule is Cc1ccc(NC(=O)CSc2csc(C(=O)O)c2)cc1. The molecular formula is C14H13NO3S2. The Hall–Kier alpha value is -1.79. The molecule has 1 aromatic carbocycles. The first kappa shape index (κ1) is 14.6. The van der Waals surface area contributed by atoms with Crippen LogP contribution in [0.2, 0.25) is 0 Å². The van der Waals surface area contributed by atoms with E-state index in [9.17, 15) is 9.59 Å². The third kappa shape index (κ3) is 4.11. The number of anilines is 1. The van der Waals surface area contributed by atoms with E-state index in [2.05, 4.69) is 5.32 Å². The quantitative estimate of drug-likeness (QED) is 0.830. The summed E-state index contributed by atoms with van der Waals surface area (Å²) in [7, 11) is 0. The number of carboxylic acid groups (broad SMARTS) is 1. The third-order valence-electron chi connectivity index (χ3n) is 2.49. The zero-order chi connectivity index (χ0) is 14.5. The van der Waals surface area contributed by atoms with E-state index in [0.29, 0.717) is 0 Å². The molecule has 0 saturated carbocycles. The maximum Gasteiger partial charge on any atom is 0.345 e. The Labute approximate surface area is 124 Å². The van der Waals surface area contributed by atoms with Gasteiger partial charge in [-0.3, -0.25) is 4.79 Å². The molecule has 0 unspecified atom stereocenters. The molecule has 2 N–H and O–H groups in total. The van der Waals surface area contributed by atoms with E-state index in [1.807, 2.05) is 31.2 Å². The number of rotatable bonds is 5. The summed E-state index contributed by atoms with van der Waals surface area (Å²) in [5, 5.41) is 13.4. The van der Waals surface area contributed by atoms with Gasteiger partial charge in [-0.05, 0) is 25.1 Å². The first-order valence-corrected chi connectivity index (χ1v) is 7.72. The van der Waals surface area contributed by atoms with Gasteiger partial charge in [-0.25, -0.2) is 4.79 Å². The lowest BCUT2D eigenvalue weighted by Gasteiger charge is -2.04. The van der Waals surface area contributed by atoms with E-state index in [-0.39, 0.29) is 16.5 Å². The largest absolute Gasteiger partial charge is 0.477 e. The normalized spacial score (nSPS) is 10.2. The van der Waals surface area contributed by atoms with Crippen LogP contribution in [0, 0.1) is 6.92 Å². The Morgan fingerprint density at radius 1 is 1.30 bits per heavy atom. The number of nitrogens with one attached hydrogen (secondary N) is 1. The maximum atomic E-state index is 11.8. The topological polar surface area (TPSA) is 66.4 Å². The number of thioether (sulfide) groups is 1. The number of carboxylic acids is 1. The Bertz CT molecular complexity index is 620. The van der Waals surface area contributed by atoms with Crippen LogP contribution in [0.1, 0.15) is 15.2 Å². The molecule has 0 bridgehead atoms. The molecule has 0 aliphatic carbocycles. The minimum atomic E-state index is -0.939. The van der Waals surface area contributed by atoms with Gasteiger partial charge in [0, 0.05) is 16.0 Å². The molecule has 0 radical (unpaired) electrons. The first-order valence-electron chi connectivity index (χ1n) is 5.86. The van der Waals surface area contributed by atoms with Crippen molar-refractivity contribution in [1.82, 2.24) is 0 Å². The monoisotopic (exact) mass is 307 g/mol. The fourth-order valence-electron chi connectivity index (χ4n) is 1.49. The standard InChI is InChI=1S/C14H13NO3S2/c1-9-2-4-10(5-3-9)15-13(16)8-19-11-6-12(14(17)18)20-7-11/h2-7H,8H2,1H3,(H,15,16)(H,17,18). The average molecular weight is 307 g/mol. The molecule has 0 aliphatic heterocycles. The van der Waals surface area contributed by atoms with Crippen LogP contribution < -0.4 is 5.32 Å². The summed E-state index contributed by atoms with van der Waals surface area (Å²) < 4.78 is 0. The molecule has 0 fully saturated rings. The Morgan fingerprint density at radius 3 is 2.60 bits per heavy atom. The van der Waals surface area contributed by atoms with Crippen LogP contribution in [0.4, 0.5) is 5.69 Å². The average Bonchev–Trinajstić information content (AvgIpc) is 2.88. The molecule has 0 saturated heterocycles. The number of thiophene rings is 1. The molecule has 1 heterocycles. The van der Waals surface area contributed by atoms with Gasteiger partial charge in [0.1, 0.15) is 4.88 Å². The summed E-state index contributed by atoms with van der Waals surface area (Å²) in [4.78, 5) is 23.6. The predicted molar refractivity (Wildman–Crippen MR) is 81.8 cm³/mol. The highest BCUT2D eigenvalue weighted by Gasteiger charge is 2.09. The highest BCUT2D eigenvalue weighted by atomic mass is 32.2. The first-order chi connectivity index (χ1) is 9.54. The predicted octanol–water partition coefficient (Wildman–Crippen LogP) is 3.49. The van der Waals surface area contributed by atoms with Gasteiger partial charge < -0.3 is 10.4 Å². The molecule has 20 heavy (non-hydrogen) atoms. The van der Waals surface area contributed by atoms with Gasteiger partial charge in [-0.2, -0.15) is 0 Å². The number of benzene rings is 1. The number of aromatic carboxylic acids is 1. The molecule has 2 rings (SSSR count). The van der Waals surface area contributed by atoms with Crippen LogP contribution in [-0.4, -0.2) is 22.7 Å². The smallest absolute Gasteiger partial charge is 0.345 e. The van der Waals surface area contributed by atoms with Gasteiger partial charge in [-0.1, -0.05) is 17.7 Å². The molecule has 0 aliphatic rings. The van der Waals surface area contributed by atoms with E-state index >= 15 is 0 Å². The van der Waals surface area contributed by atoms with Crippen molar-refractivity contribution in [2.24, 2.45) is 0 Å². The molecule has 6 heteroatoms. The molecule has 1 amide bonds. The molecule has 1 aromatic heterocycles. The summed E-state index contributed by atoms with van der Waals surface area (Å²) in [6, 6.07) is 9.15. The number of hydrogen-bond acceptors (Lipinski definition) is 4. The van der Waals surface area contributed by atoms with E-state index in [1.165, 1.54) is 11.8 Å². The summed E-state index contributed by atoms with van der Waals surface area (Å²) >= 11 is 2.49. The van der Waals surface area contributed by atoms with Crippen molar-refractivity contribution in [2.75, 3.05) is 11.1 Å².